The Bertz CT molecular complexity index is 812. The third-order valence-electron chi connectivity index (χ3n) is 5.05. The molecule has 0 heterocycles. The first-order chi connectivity index (χ1) is 13.2. The molecule has 140 valence electrons. The average Bonchev–Trinajstić information content (AvgIpc) is 3.46. The summed E-state index contributed by atoms with van der Waals surface area (Å²) in [5.41, 5.74) is 4.61. The fourth-order valence-electron chi connectivity index (χ4n) is 3.16. The van der Waals surface area contributed by atoms with E-state index in [4.69, 9.17) is 5.11 Å². The summed E-state index contributed by atoms with van der Waals surface area (Å²) in [6.45, 7) is 3.74. The van der Waals surface area contributed by atoms with Gasteiger partial charge in [0.25, 0.3) is 0 Å². The molecular weight excluding hydrogens is 334 g/mol. The molecule has 1 fully saturated rings. The zero-order valence-corrected chi connectivity index (χ0v) is 15.9. The molecule has 3 heteroatoms. The number of carbonyl (C=O) groups is 1. The fraction of sp³-hybridized carbons (Fsp3) is 0.375. The van der Waals surface area contributed by atoms with Crippen molar-refractivity contribution in [1.82, 2.24) is 5.32 Å². The predicted octanol–water partition coefficient (Wildman–Crippen LogP) is 4.24. The molecule has 1 saturated carbocycles. The Labute approximate surface area is 161 Å². The maximum atomic E-state index is 10.8. The van der Waals surface area contributed by atoms with Gasteiger partial charge in [-0.25, -0.2) is 0 Å². The number of hydrogen-bond acceptors (Lipinski definition) is 2. The Kier molecular flexibility index (Phi) is 6.68. The topological polar surface area (TPSA) is 49.3 Å². The highest BCUT2D eigenvalue weighted by Gasteiger charge is 2.42. The van der Waals surface area contributed by atoms with Crippen LogP contribution >= 0.6 is 0 Å². The van der Waals surface area contributed by atoms with Gasteiger partial charge in [0.1, 0.15) is 0 Å². The van der Waals surface area contributed by atoms with Crippen molar-refractivity contribution in [2.45, 2.75) is 39.2 Å². The van der Waals surface area contributed by atoms with Crippen molar-refractivity contribution in [2.75, 3.05) is 6.54 Å². The number of aliphatic carboxylic acids is 1. The number of rotatable bonds is 8. The van der Waals surface area contributed by atoms with Crippen LogP contribution in [0.2, 0.25) is 0 Å². The molecule has 0 radical (unpaired) electrons. The molecule has 2 aromatic rings. The number of aryl methyl sites for hydroxylation is 1. The Morgan fingerprint density at radius 1 is 1.04 bits per heavy atom. The second kappa shape index (κ2) is 9.39. The SMILES string of the molecule is CCCCc1ccc(C#Cc2ccc(CNCC3CC3C(=O)O)cc2)cc1. The lowest BCUT2D eigenvalue weighted by Crippen LogP contribution is -2.18. The zero-order valence-electron chi connectivity index (χ0n) is 15.9. The fourth-order valence-corrected chi connectivity index (χ4v) is 3.16. The normalized spacial score (nSPS) is 17.8. The van der Waals surface area contributed by atoms with Crippen LogP contribution in [0.3, 0.4) is 0 Å². The van der Waals surface area contributed by atoms with E-state index in [1.807, 2.05) is 12.1 Å². The third-order valence-corrected chi connectivity index (χ3v) is 5.05. The number of benzene rings is 2. The van der Waals surface area contributed by atoms with Gasteiger partial charge in [-0.05, 0) is 67.1 Å². The van der Waals surface area contributed by atoms with Gasteiger partial charge < -0.3 is 10.4 Å². The average molecular weight is 361 g/mol. The van der Waals surface area contributed by atoms with E-state index in [0.29, 0.717) is 5.92 Å². The monoisotopic (exact) mass is 361 g/mol. The highest BCUT2D eigenvalue weighted by molar-refractivity contribution is 5.73. The van der Waals surface area contributed by atoms with Crippen molar-refractivity contribution in [3.63, 3.8) is 0 Å². The van der Waals surface area contributed by atoms with Crippen molar-refractivity contribution < 1.29 is 9.90 Å². The zero-order chi connectivity index (χ0) is 19.1. The molecule has 2 N–H and O–H groups in total. The maximum absolute atomic E-state index is 10.8. The van der Waals surface area contributed by atoms with E-state index in [0.717, 1.165) is 37.1 Å². The van der Waals surface area contributed by atoms with E-state index < -0.39 is 5.97 Å². The summed E-state index contributed by atoms with van der Waals surface area (Å²) in [4.78, 5) is 10.8. The van der Waals surface area contributed by atoms with Gasteiger partial charge in [-0.3, -0.25) is 4.79 Å². The van der Waals surface area contributed by atoms with Crippen LogP contribution < -0.4 is 5.32 Å². The van der Waals surface area contributed by atoms with Crippen LogP contribution in [0, 0.1) is 23.7 Å². The highest BCUT2D eigenvalue weighted by atomic mass is 16.4. The van der Waals surface area contributed by atoms with Crippen LogP contribution in [-0.2, 0) is 17.8 Å². The molecule has 1 aliphatic rings. The molecule has 0 saturated heterocycles. The van der Waals surface area contributed by atoms with Crippen molar-refractivity contribution in [3.05, 3.63) is 70.8 Å². The van der Waals surface area contributed by atoms with Crippen LogP contribution in [0.4, 0.5) is 0 Å². The number of unbranched alkanes of at least 4 members (excludes halogenated alkanes) is 1. The Morgan fingerprint density at radius 3 is 2.15 bits per heavy atom. The van der Waals surface area contributed by atoms with E-state index in [-0.39, 0.29) is 5.92 Å². The number of carboxylic acid groups (broad SMARTS) is 1. The molecule has 2 unspecified atom stereocenters. The number of nitrogens with one attached hydrogen (secondary N) is 1. The lowest BCUT2D eigenvalue weighted by atomic mass is 10.1. The Balaban J connectivity index is 1.46. The van der Waals surface area contributed by atoms with Crippen LogP contribution in [0.5, 0.6) is 0 Å². The summed E-state index contributed by atoms with van der Waals surface area (Å²) in [6, 6.07) is 16.8. The molecule has 0 spiro atoms. The van der Waals surface area contributed by atoms with E-state index in [9.17, 15) is 4.79 Å². The van der Waals surface area contributed by atoms with Gasteiger partial charge >= 0.3 is 5.97 Å². The molecule has 1 aliphatic carbocycles. The van der Waals surface area contributed by atoms with Crippen LogP contribution in [-0.4, -0.2) is 17.6 Å². The second-order valence-corrected chi connectivity index (χ2v) is 7.32. The van der Waals surface area contributed by atoms with Gasteiger partial charge in [-0.2, -0.15) is 0 Å². The lowest BCUT2D eigenvalue weighted by Gasteiger charge is -2.04. The largest absolute Gasteiger partial charge is 0.481 e. The van der Waals surface area contributed by atoms with E-state index in [2.05, 4.69) is 60.5 Å². The molecule has 2 atom stereocenters. The molecule has 0 bridgehead atoms. The first-order valence-electron chi connectivity index (χ1n) is 9.79. The summed E-state index contributed by atoms with van der Waals surface area (Å²) in [6.07, 6.45) is 4.39. The number of hydrogen-bond donors (Lipinski definition) is 2. The van der Waals surface area contributed by atoms with Crippen LogP contribution in [0.25, 0.3) is 0 Å². The van der Waals surface area contributed by atoms with Gasteiger partial charge in [0.05, 0.1) is 5.92 Å². The first kappa shape index (κ1) is 19.2. The Morgan fingerprint density at radius 2 is 1.63 bits per heavy atom. The molecule has 3 nitrogen and oxygen atoms in total. The van der Waals surface area contributed by atoms with Crippen molar-refractivity contribution in [1.29, 1.82) is 0 Å². The van der Waals surface area contributed by atoms with Gasteiger partial charge in [0.2, 0.25) is 0 Å². The lowest BCUT2D eigenvalue weighted by molar-refractivity contribution is -0.138. The van der Waals surface area contributed by atoms with Gasteiger partial charge in [0.15, 0.2) is 0 Å². The predicted molar refractivity (Wildman–Crippen MR) is 108 cm³/mol. The van der Waals surface area contributed by atoms with E-state index >= 15 is 0 Å². The van der Waals surface area contributed by atoms with Crippen molar-refractivity contribution >= 4 is 5.97 Å². The quantitative estimate of drug-likeness (QED) is 0.692. The van der Waals surface area contributed by atoms with E-state index in [1.165, 1.54) is 24.0 Å². The molecule has 3 rings (SSSR count). The molecule has 0 aromatic heterocycles. The molecule has 0 aliphatic heterocycles. The van der Waals surface area contributed by atoms with Crippen LogP contribution in [0.1, 0.15) is 48.4 Å². The minimum absolute atomic E-state index is 0.143. The maximum Gasteiger partial charge on any atom is 0.306 e. The van der Waals surface area contributed by atoms with Gasteiger partial charge in [0, 0.05) is 17.7 Å². The standard InChI is InChI=1S/C24H27NO2/c1-2-3-4-18-5-7-19(8-6-18)9-10-20-11-13-21(14-12-20)16-25-17-22-15-23(22)24(26)27/h5-8,11-14,22-23,25H,2-4,15-17H2,1H3,(H,26,27). The van der Waals surface area contributed by atoms with E-state index in [1.54, 1.807) is 0 Å². The summed E-state index contributed by atoms with van der Waals surface area (Å²) in [7, 11) is 0. The first-order valence-corrected chi connectivity index (χ1v) is 9.79. The molecular formula is C24H27NO2. The molecule has 27 heavy (non-hydrogen) atoms. The van der Waals surface area contributed by atoms with Gasteiger partial charge in [-0.15, -0.1) is 0 Å². The third kappa shape index (κ3) is 5.98. The number of carboxylic acids is 1. The second-order valence-electron chi connectivity index (χ2n) is 7.32. The smallest absolute Gasteiger partial charge is 0.306 e. The van der Waals surface area contributed by atoms with Crippen molar-refractivity contribution in [2.24, 2.45) is 11.8 Å². The highest BCUT2D eigenvalue weighted by Crippen LogP contribution is 2.37. The minimum Gasteiger partial charge on any atom is -0.481 e. The minimum atomic E-state index is -0.666. The Hall–Kier alpha value is -2.57. The van der Waals surface area contributed by atoms with Gasteiger partial charge in [-0.1, -0.05) is 49.5 Å². The van der Waals surface area contributed by atoms with Crippen molar-refractivity contribution in [3.8, 4) is 11.8 Å². The molecule has 0 amide bonds. The summed E-state index contributed by atoms with van der Waals surface area (Å²) >= 11 is 0. The molecule has 2 aromatic carbocycles. The summed E-state index contributed by atoms with van der Waals surface area (Å²) in [5.74, 6) is 5.93. The van der Waals surface area contributed by atoms with Crippen LogP contribution in [0.15, 0.2) is 48.5 Å². The summed E-state index contributed by atoms with van der Waals surface area (Å²) < 4.78 is 0. The summed E-state index contributed by atoms with van der Waals surface area (Å²) in [5, 5.41) is 12.3.